The number of rotatable bonds is 4. The molecule has 2 aromatic heterocycles. The van der Waals surface area contributed by atoms with Crippen LogP contribution in [0.3, 0.4) is 0 Å². The van der Waals surface area contributed by atoms with Crippen molar-refractivity contribution in [2.45, 2.75) is 44.6 Å². The number of hydrogen-bond donors (Lipinski definition) is 0. The molecule has 2 aliphatic heterocycles. The molecule has 6 heteroatoms. The molecule has 0 bridgehead atoms. The van der Waals surface area contributed by atoms with Gasteiger partial charge in [0.05, 0.1) is 5.69 Å². The topological polar surface area (TPSA) is 40.9 Å². The number of carbonyl (C=O) groups excluding carboxylic acids is 1. The Labute approximate surface area is 176 Å². The monoisotopic (exact) mass is 408 g/mol. The molecule has 4 heterocycles. The Bertz CT molecular complexity index is 973. The van der Waals surface area contributed by atoms with Crippen molar-refractivity contribution < 1.29 is 4.79 Å². The van der Waals surface area contributed by atoms with Crippen molar-refractivity contribution in [1.82, 2.24) is 19.2 Å². The van der Waals surface area contributed by atoms with Crippen molar-refractivity contribution >= 4 is 22.2 Å². The summed E-state index contributed by atoms with van der Waals surface area (Å²) >= 11 is 1.61. The van der Waals surface area contributed by atoms with Gasteiger partial charge in [0, 0.05) is 31.2 Å². The molecule has 5 rings (SSSR count). The molecular formula is C23H28N4OS. The molecule has 2 fully saturated rings. The maximum absolute atomic E-state index is 13.1. The fraction of sp³-hybridized carbons (Fsp3) is 0.478. The Balaban J connectivity index is 1.35. The standard InChI is InChI=1S/C23H28N4OS/c28-22(26-12-4-5-13-26)21-20(27-15-16-29-23(27)24-21)17-25-11-6-9-19(10-14-25)18-7-2-1-3-8-18/h1-3,7-8,15-16,19H,4-6,9-14,17H2. The minimum absolute atomic E-state index is 0.116. The molecule has 1 atom stereocenters. The first-order valence-corrected chi connectivity index (χ1v) is 11.7. The first kappa shape index (κ1) is 18.8. The van der Waals surface area contributed by atoms with Gasteiger partial charge in [0.25, 0.3) is 5.91 Å². The third-order valence-corrected chi connectivity index (χ3v) is 7.18. The Morgan fingerprint density at radius 2 is 1.86 bits per heavy atom. The average molecular weight is 409 g/mol. The van der Waals surface area contributed by atoms with Crippen LogP contribution in [-0.2, 0) is 6.54 Å². The van der Waals surface area contributed by atoms with Crippen LogP contribution < -0.4 is 0 Å². The highest BCUT2D eigenvalue weighted by Gasteiger charge is 2.28. The lowest BCUT2D eigenvalue weighted by Gasteiger charge is -2.21. The lowest BCUT2D eigenvalue weighted by Crippen LogP contribution is -2.31. The number of nitrogens with zero attached hydrogens (tertiary/aromatic N) is 4. The predicted molar refractivity (Wildman–Crippen MR) is 117 cm³/mol. The van der Waals surface area contributed by atoms with E-state index >= 15 is 0 Å². The zero-order valence-corrected chi connectivity index (χ0v) is 17.6. The van der Waals surface area contributed by atoms with Crippen molar-refractivity contribution in [3.8, 4) is 0 Å². The van der Waals surface area contributed by atoms with E-state index in [1.807, 2.05) is 4.90 Å². The highest BCUT2D eigenvalue weighted by molar-refractivity contribution is 7.15. The normalized spacial score (nSPS) is 21.0. The summed E-state index contributed by atoms with van der Waals surface area (Å²) in [4.78, 5) is 23.3. The summed E-state index contributed by atoms with van der Waals surface area (Å²) in [7, 11) is 0. The Morgan fingerprint density at radius 1 is 1.03 bits per heavy atom. The summed E-state index contributed by atoms with van der Waals surface area (Å²) < 4.78 is 2.13. The molecule has 1 unspecified atom stereocenters. The van der Waals surface area contributed by atoms with E-state index in [9.17, 15) is 4.79 Å². The van der Waals surface area contributed by atoms with Crippen LogP contribution in [0.15, 0.2) is 41.9 Å². The van der Waals surface area contributed by atoms with Crippen LogP contribution >= 0.6 is 11.3 Å². The number of carbonyl (C=O) groups is 1. The van der Waals surface area contributed by atoms with Crippen LogP contribution in [0.5, 0.6) is 0 Å². The van der Waals surface area contributed by atoms with Gasteiger partial charge in [0.2, 0.25) is 0 Å². The van der Waals surface area contributed by atoms with Crippen LogP contribution in [0.25, 0.3) is 4.96 Å². The Kier molecular flexibility index (Phi) is 5.38. The maximum Gasteiger partial charge on any atom is 0.274 e. The lowest BCUT2D eigenvalue weighted by molar-refractivity contribution is 0.0785. The molecule has 0 N–H and O–H groups in total. The molecule has 2 saturated heterocycles. The van der Waals surface area contributed by atoms with Crippen LogP contribution in [0.4, 0.5) is 0 Å². The number of aromatic nitrogens is 2. The van der Waals surface area contributed by atoms with E-state index in [0.717, 1.165) is 56.2 Å². The van der Waals surface area contributed by atoms with E-state index in [4.69, 9.17) is 4.98 Å². The largest absolute Gasteiger partial charge is 0.337 e. The van der Waals surface area contributed by atoms with Gasteiger partial charge in [0.1, 0.15) is 0 Å². The Hall–Kier alpha value is -2.18. The summed E-state index contributed by atoms with van der Waals surface area (Å²) in [5, 5.41) is 2.06. The lowest BCUT2D eigenvalue weighted by atomic mass is 9.92. The number of fused-ring (bicyclic) bond motifs is 1. The molecule has 0 spiro atoms. The van der Waals surface area contributed by atoms with Gasteiger partial charge in [-0.1, -0.05) is 30.3 Å². The summed E-state index contributed by atoms with van der Waals surface area (Å²) in [6, 6.07) is 10.9. The van der Waals surface area contributed by atoms with Gasteiger partial charge in [-0.05, 0) is 56.7 Å². The predicted octanol–water partition coefficient (Wildman–Crippen LogP) is 4.40. The number of amides is 1. The van der Waals surface area contributed by atoms with Gasteiger partial charge in [-0.25, -0.2) is 4.98 Å². The summed E-state index contributed by atoms with van der Waals surface area (Å²) in [6.45, 7) is 4.68. The number of benzene rings is 1. The highest BCUT2D eigenvalue weighted by atomic mass is 32.1. The zero-order chi connectivity index (χ0) is 19.6. The van der Waals surface area contributed by atoms with Crippen molar-refractivity contribution in [3.05, 3.63) is 58.9 Å². The molecular weight excluding hydrogens is 380 g/mol. The van der Waals surface area contributed by atoms with E-state index in [0.29, 0.717) is 11.6 Å². The first-order chi connectivity index (χ1) is 14.3. The zero-order valence-electron chi connectivity index (χ0n) is 16.8. The molecule has 0 radical (unpaired) electrons. The number of imidazole rings is 1. The van der Waals surface area contributed by atoms with E-state index < -0.39 is 0 Å². The molecule has 2 aliphatic rings. The van der Waals surface area contributed by atoms with E-state index in [1.54, 1.807) is 11.3 Å². The molecule has 5 nitrogen and oxygen atoms in total. The fourth-order valence-corrected chi connectivity index (χ4v) is 5.54. The van der Waals surface area contributed by atoms with Crippen molar-refractivity contribution in [2.24, 2.45) is 0 Å². The Morgan fingerprint density at radius 3 is 2.69 bits per heavy atom. The van der Waals surface area contributed by atoms with Crippen molar-refractivity contribution in [3.63, 3.8) is 0 Å². The fourth-order valence-electron chi connectivity index (χ4n) is 4.81. The third kappa shape index (κ3) is 3.83. The van der Waals surface area contributed by atoms with Crippen LogP contribution in [0, 0.1) is 0 Å². The summed E-state index contributed by atoms with van der Waals surface area (Å²) in [6.07, 6.45) is 7.88. The molecule has 0 saturated carbocycles. The average Bonchev–Trinajstić information content (AvgIpc) is 3.46. The summed E-state index contributed by atoms with van der Waals surface area (Å²) in [5.74, 6) is 0.754. The third-order valence-electron chi connectivity index (χ3n) is 6.42. The molecule has 3 aromatic rings. The second-order valence-corrected chi connectivity index (χ2v) is 9.15. The summed E-state index contributed by atoms with van der Waals surface area (Å²) in [5.41, 5.74) is 3.20. The van der Waals surface area contributed by atoms with Gasteiger partial charge < -0.3 is 4.90 Å². The number of thiazole rings is 1. The number of hydrogen-bond acceptors (Lipinski definition) is 4. The van der Waals surface area contributed by atoms with Gasteiger partial charge >= 0.3 is 0 Å². The van der Waals surface area contributed by atoms with Crippen LogP contribution in [0.2, 0.25) is 0 Å². The molecule has 152 valence electrons. The van der Waals surface area contributed by atoms with E-state index in [1.165, 1.54) is 24.8 Å². The van der Waals surface area contributed by atoms with Gasteiger partial charge in [0.15, 0.2) is 10.7 Å². The quantitative estimate of drug-likeness (QED) is 0.642. The van der Waals surface area contributed by atoms with E-state index in [-0.39, 0.29) is 5.91 Å². The molecule has 1 aromatic carbocycles. The smallest absolute Gasteiger partial charge is 0.274 e. The second kappa shape index (κ2) is 8.28. The first-order valence-electron chi connectivity index (χ1n) is 10.8. The second-order valence-electron chi connectivity index (χ2n) is 8.28. The van der Waals surface area contributed by atoms with Gasteiger partial charge in [-0.2, -0.15) is 0 Å². The van der Waals surface area contributed by atoms with Gasteiger partial charge in [-0.15, -0.1) is 11.3 Å². The van der Waals surface area contributed by atoms with Crippen LogP contribution in [0.1, 0.15) is 59.8 Å². The highest BCUT2D eigenvalue weighted by Crippen LogP contribution is 2.29. The molecule has 29 heavy (non-hydrogen) atoms. The molecule has 1 amide bonds. The van der Waals surface area contributed by atoms with Crippen molar-refractivity contribution in [1.29, 1.82) is 0 Å². The minimum atomic E-state index is 0.116. The molecule has 0 aliphatic carbocycles. The van der Waals surface area contributed by atoms with Gasteiger partial charge in [-0.3, -0.25) is 14.1 Å². The minimum Gasteiger partial charge on any atom is -0.337 e. The number of likely N-dealkylation sites (tertiary alicyclic amines) is 2. The maximum atomic E-state index is 13.1. The van der Waals surface area contributed by atoms with Crippen LogP contribution in [-0.4, -0.2) is 51.3 Å². The van der Waals surface area contributed by atoms with E-state index in [2.05, 4.69) is 51.2 Å². The van der Waals surface area contributed by atoms with Crippen molar-refractivity contribution in [2.75, 3.05) is 26.2 Å². The SMILES string of the molecule is O=C(c1nc2sccn2c1CN1CCCC(c2ccccc2)CC1)N1CCCC1.